The molecule has 4 rings (SSSR count). The minimum Gasteiger partial charge on any atom is -0.331 e. The van der Waals surface area contributed by atoms with Crippen molar-refractivity contribution in [3.63, 3.8) is 0 Å². The summed E-state index contributed by atoms with van der Waals surface area (Å²) in [5.41, 5.74) is 2.98. The van der Waals surface area contributed by atoms with Gasteiger partial charge in [0.15, 0.2) is 6.04 Å². The molecule has 0 radical (unpaired) electrons. The Morgan fingerprint density at radius 1 is 0.935 bits per heavy atom. The van der Waals surface area contributed by atoms with E-state index in [4.69, 9.17) is 0 Å². The lowest BCUT2D eigenvalue weighted by atomic mass is 9.99. The highest BCUT2D eigenvalue weighted by Gasteiger charge is 2.31. The van der Waals surface area contributed by atoms with E-state index in [1.165, 1.54) is 17.7 Å². The van der Waals surface area contributed by atoms with Gasteiger partial charge < -0.3 is 15.5 Å². The summed E-state index contributed by atoms with van der Waals surface area (Å²) in [4.78, 5) is 14.7. The smallest absolute Gasteiger partial charge is 0.287 e. The van der Waals surface area contributed by atoms with E-state index in [0.717, 1.165) is 38.0 Å². The summed E-state index contributed by atoms with van der Waals surface area (Å²) in [7, 11) is 0. The molecule has 0 bridgehead atoms. The molecule has 31 heavy (non-hydrogen) atoms. The summed E-state index contributed by atoms with van der Waals surface area (Å²) >= 11 is 0. The van der Waals surface area contributed by atoms with Gasteiger partial charge in [-0.3, -0.25) is 4.79 Å². The summed E-state index contributed by atoms with van der Waals surface area (Å²) in [5.74, 6) is -0.384. The van der Waals surface area contributed by atoms with E-state index < -0.39 is 0 Å². The van der Waals surface area contributed by atoms with Crippen LogP contribution in [0.15, 0.2) is 84.9 Å². The monoisotopic (exact) mass is 419 g/mol. The minimum absolute atomic E-state index is 0.0723. The Kier molecular flexibility index (Phi) is 7.07. The molecule has 1 fully saturated rings. The van der Waals surface area contributed by atoms with Crippen molar-refractivity contribution >= 4 is 11.6 Å². The number of nitrogens with two attached hydrogens (primary N) is 1. The fourth-order valence-corrected chi connectivity index (χ4v) is 4.34. The van der Waals surface area contributed by atoms with Crippen LogP contribution in [-0.2, 0) is 11.3 Å². The number of benzene rings is 3. The molecule has 0 aromatic heterocycles. The van der Waals surface area contributed by atoms with E-state index in [1.54, 1.807) is 17.0 Å². The molecule has 3 aromatic rings. The summed E-state index contributed by atoms with van der Waals surface area (Å²) < 4.78 is 13.2. The van der Waals surface area contributed by atoms with Crippen molar-refractivity contribution in [1.82, 2.24) is 0 Å². The van der Waals surface area contributed by atoms with E-state index in [0.29, 0.717) is 11.7 Å². The van der Waals surface area contributed by atoms with Gasteiger partial charge in [-0.05, 0) is 24.3 Å². The van der Waals surface area contributed by atoms with E-state index in [2.05, 4.69) is 41.0 Å². The topological polar surface area (TPSA) is 50.1 Å². The van der Waals surface area contributed by atoms with E-state index in [-0.39, 0.29) is 17.8 Å². The third kappa shape index (κ3) is 6.00. The number of hydrogen-bond acceptors (Lipinski definition) is 1. The van der Waals surface area contributed by atoms with Crippen LogP contribution in [0.5, 0.6) is 0 Å². The normalized spacial score (nSPS) is 19.5. The summed E-state index contributed by atoms with van der Waals surface area (Å²) in [6, 6.07) is 26.5. The molecule has 0 aliphatic carbocycles. The number of carbonyl (C=O) groups is 1. The Hall–Kier alpha value is -3.02. The lowest BCUT2D eigenvalue weighted by molar-refractivity contribution is -0.926. The molecule has 4 nitrogen and oxygen atoms in total. The summed E-state index contributed by atoms with van der Waals surface area (Å²) in [6.07, 6.45) is 2.16. The van der Waals surface area contributed by atoms with Crippen molar-refractivity contribution in [3.8, 4) is 0 Å². The van der Waals surface area contributed by atoms with Gasteiger partial charge >= 0.3 is 0 Å². The molecule has 1 aliphatic heterocycles. The molecule has 0 unspecified atom stereocenters. The minimum atomic E-state index is -0.327. The number of hydrogen-bond donors (Lipinski definition) is 3. The molecular formula is C26H30FN3O+2. The molecule has 4 N–H and O–H groups in total. The Labute approximate surface area is 183 Å². The van der Waals surface area contributed by atoms with Crippen molar-refractivity contribution < 1.29 is 19.4 Å². The number of carbonyl (C=O) groups excluding carboxylic acids is 1. The molecule has 1 atom stereocenters. The first kappa shape index (κ1) is 21.2. The van der Waals surface area contributed by atoms with Gasteiger partial charge in [0.2, 0.25) is 0 Å². The molecule has 1 amide bonds. The second-order valence-corrected chi connectivity index (χ2v) is 8.33. The maximum absolute atomic E-state index is 13.2. The van der Waals surface area contributed by atoms with Crippen LogP contribution in [0.3, 0.4) is 0 Å². The molecule has 1 heterocycles. The number of piperidine rings is 1. The number of nitrogens with one attached hydrogen (secondary N) is 2. The van der Waals surface area contributed by atoms with Gasteiger partial charge in [-0.1, -0.05) is 60.7 Å². The third-order valence-electron chi connectivity index (χ3n) is 6.05. The third-order valence-corrected chi connectivity index (χ3v) is 6.05. The molecule has 1 saturated heterocycles. The van der Waals surface area contributed by atoms with Crippen LogP contribution >= 0.6 is 0 Å². The fraction of sp³-hybridized carbons (Fsp3) is 0.269. The zero-order valence-corrected chi connectivity index (χ0v) is 17.6. The Balaban J connectivity index is 1.38. The average molecular weight is 420 g/mol. The van der Waals surface area contributed by atoms with E-state index >= 15 is 0 Å². The van der Waals surface area contributed by atoms with E-state index in [1.807, 2.05) is 30.3 Å². The van der Waals surface area contributed by atoms with Crippen LogP contribution < -0.4 is 15.5 Å². The second-order valence-electron chi connectivity index (χ2n) is 8.33. The van der Waals surface area contributed by atoms with Crippen molar-refractivity contribution in [2.75, 3.05) is 18.4 Å². The molecule has 0 spiro atoms. The number of likely N-dealkylation sites (tertiary alicyclic amines) is 1. The van der Waals surface area contributed by atoms with Crippen LogP contribution in [0.4, 0.5) is 10.1 Å². The van der Waals surface area contributed by atoms with Gasteiger partial charge in [0, 0.05) is 29.7 Å². The zero-order valence-electron chi connectivity index (χ0n) is 17.6. The molecule has 160 valence electrons. The van der Waals surface area contributed by atoms with Crippen LogP contribution in [0.2, 0.25) is 0 Å². The molecule has 0 saturated carbocycles. The van der Waals surface area contributed by atoms with Gasteiger partial charge in [-0.25, -0.2) is 4.39 Å². The first-order valence-electron chi connectivity index (χ1n) is 11.0. The Morgan fingerprint density at radius 3 is 2.19 bits per heavy atom. The maximum atomic E-state index is 13.2. The SMILES string of the molecule is O=C(Nc1ccc(F)cc1)[C@H]([NH2+]C1CC[NH+](Cc2ccccc2)CC1)c1ccccc1. The molecule has 1 aliphatic rings. The van der Waals surface area contributed by atoms with Crippen molar-refractivity contribution in [1.29, 1.82) is 0 Å². The van der Waals surface area contributed by atoms with Crippen LogP contribution in [0, 0.1) is 5.82 Å². The van der Waals surface area contributed by atoms with Crippen molar-refractivity contribution in [2.45, 2.75) is 31.5 Å². The van der Waals surface area contributed by atoms with Crippen molar-refractivity contribution in [3.05, 3.63) is 102 Å². The quantitative estimate of drug-likeness (QED) is 0.541. The number of halogens is 1. The van der Waals surface area contributed by atoms with Gasteiger partial charge in [0.25, 0.3) is 5.91 Å². The van der Waals surface area contributed by atoms with Crippen LogP contribution in [-0.4, -0.2) is 25.0 Å². The van der Waals surface area contributed by atoms with Gasteiger partial charge in [-0.15, -0.1) is 0 Å². The number of rotatable bonds is 7. The van der Waals surface area contributed by atoms with E-state index in [9.17, 15) is 9.18 Å². The lowest BCUT2D eigenvalue weighted by Gasteiger charge is -2.30. The predicted octanol–water partition coefficient (Wildman–Crippen LogP) is 2.32. The highest BCUT2D eigenvalue weighted by Crippen LogP contribution is 2.14. The Bertz CT molecular complexity index is 955. The maximum Gasteiger partial charge on any atom is 0.287 e. The number of quaternary nitrogens is 2. The zero-order chi connectivity index (χ0) is 21.5. The highest BCUT2D eigenvalue weighted by atomic mass is 19.1. The largest absolute Gasteiger partial charge is 0.331 e. The standard InChI is InChI=1S/C26H28FN3O/c27-22-11-13-23(14-12-22)29-26(31)25(21-9-5-2-6-10-21)28-24-15-17-30(18-16-24)19-20-7-3-1-4-8-20/h1-14,24-25,28H,15-19H2,(H,29,31)/p+2/t25-/m1/s1. The fourth-order valence-electron chi connectivity index (χ4n) is 4.34. The number of amides is 1. The summed E-state index contributed by atoms with van der Waals surface area (Å²) in [6.45, 7) is 3.27. The summed E-state index contributed by atoms with van der Waals surface area (Å²) in [5, 5.41) is 5.17. The molecule has 3 aromatic carbocycles. The first-order chi connectivity index (χ1) is 15.2. The number of anilines is 1. The predicted molar refractivity (Wildman–Crippen MR) is 120 cm³/mol. The van der Waals surface area contributed by atoms with Gasteiger partial charge in [0.05, 0.1) is 19.1 Å². The van der Waals surface area contributed by atoms with Gasteiger partial charge in [-0.2, -0.15) is 0 Å². The highest BCUT2D eigenvalue weighted by molar-refractivity contribution is 5.94. The lowest BCUT2D eigenvalue weighted by Crippen LogP contribution is -3.13. The van der Waals surface area contributed by atoms with Crippen LogP contribution in [0.1, 0.15) is 30.0 Å². The van der Waals surface area contributed by atoms with Gasteiger partial charge in [0.1, 0.15) is 12.4 Å². The Morgan fingerprint density at radius 2 is 1.55 bits per heavy atom. The average Bonchev–Trinajstić information content (AvgIpc) is 2.81. The van der Waals surface area contributed by atoms with Crippen molar-refractivity contribution in [2.24, 2.45) is 0 Å². The van der Waals surface area contributed by atoms with Crippen LogP contribution in [0.25, 0.3) is 0 Å². The molecular weight excluding hydrogens is 389 g/mol. The molecule has 5 heteroatoms. The second kappa shape index (κ2) is 10.3. The first-order valence-corrected chi connectivity index (χ1v) is 11.0.